The van der Waals surface area contributed by atoms with Crippen molar-refractivity contribution in [3.8, 4) is 0 Å². The highest BCUT2D eigenvalue weighted by Crippen LogP contribution is 2.24. The largest absolute Gasteiger partial charge is 0.367 e. The fourth-order valence-corrected chi connectivity index (χ4v) is 2.90. The number of thiazole rings is 1. The fourth-order valence-electron chi connectivity index (χ4n) is 1.72. The van der Waals surface area contributed by atoms with Crippen molar-refractivity contribution < 1.29 is 4.39 Å². The molecule has 1 aromatic heterocycles. The summed E-state index contributed by atoms with van der Waals surface area (Å²) < 4.78 is 13.9. The Labute approximate surface area is 119 Å². The van der Waals surface area contributed by atoms with Gasteiger partial charge >= 0.3 is 0 Å². The van der Waals surface area contributed by atoms with E-state index in [1.54, 1.807) is 17.4 Å². The molecule has 0 saturated heterocycles. The van der Waals surface area contributed by atoms with Gasteiger partial charge in [0, 0.05) is 17.3 Å². The molecular formula is C13H14BrFN2S. The number of benzene rings is 1. The smallest absolute Gasteiger partial charge is 0.146 e. The van der Waals surface area contributed by atoms with Gasteiger partial charge in [-0.05, 0) is 24.6 Å². The third kappa shape index (κ3) is 2.90. The maximum absolute atomic E-state index is 13.9. The second kappa shape index (κ2) is 5.80. The molecule has 96 valence electrons. The predicted octanol–water partition coefficient (Wildman–Crippen LogP) is 4.12. The first-order valence-electron chi connectivity index (χ1n) is 5.56. The SMILES string of the molecule is Cc1ncsc1CN(C)c1ccc(CBr)cc1F. The molecule has 0 N–H and O–H groups in total. The van der Waals surface area contributed by atoms with Gasteiger partial charge in [0.05, 0.1) is 23.4 Å². The molecule has 2 nitrogen and oxygen atoms in total. The summed E-state index contributed by atoms with van der Waals surface area (Å²) in [5.41, 5.74) is 4.40. The van der Waals surface area contributed by atoms with E-state index in [1.807, 2.05) is 36.5 Å². The van der Waals surface area contributed by atoms with Crippen molar-refractivity contribution in [2.45, 2.75) is 18.8 Å². The predicted molar refractivity (Wildman–Crippen MR) is 78.0 cm³/mol. The summed E-state index contributed by atoms with van der Waals surface area (Å²) in [5, 5.41) is 0.669. The molecule has 0 spiro atoms. The summed E-state index contributed by atoms with van der Waals surface area (Å²) in [6.07, 6.45) is 0. The minimum Gasteiger partial charge on any atom is -0.367 e. The average molecular weight is 329 g/mol. The Morgan fingerprint density at radius 3 is 2.78 bits per heavy atom. The van der Waals surface area contributed by atoms with Gasteiger partial charge in [0.1, 0.15) is 5.82 Å². The Morgan fingerprint density at radius 2 is 2.22 bits per heavy atom. The monoisotopic (exact) mass is 328 g/mol. The molecule has 1 aromatic carbocycles. The number of aromatic nitrogens is 1. The lowest BCUT2D eigenvalue weighted by Gasteiger charge is -2.19. The number of anilines is 1. The van der Waals surface area contributed by atoms with E-state index in [0.717, 1.165) is 11.3 Å². The molecule has 0 unspecified atom stereocenters. The Balaban J connectivity index is 2.19. The minimum atomic E-state index is -0.184. The van der Waals surface area contributed by atoms with E-state index < -0.39 is 0 Å². The first-order chi connectivity index (χ1) is 8.61. The van der Waals surface area contributed by atoms with Gasteiger partial charge < -0.3 is 4.90 Å². The lowest BCUT2D eigenvalue weighted by Crippen LogP contribution is -2.17. The van der Waals surface area contributed by atoms with Crippen LogP contribution < -0.4 is 4.90 Å². The van der Waals surface area contributed by atoms with Gasteiger partial charge in [-0.15, -0.1) is 11.3 Å². The van der Waals surface area contributed by atoms with Gasteiger partial charge in [-0.25, -0.2) is 9.37 Å². The summed E-state index contributed by atoms with van der Waals surface area (Å²) >= 11 is 4.93. The standard InChI is InChI=1S/C13H14BrFN2S/c1-9-13(18-8-16-9)7-17(2)12-4-3-10(6-14)5-11(12)15/h3-5,8H,6-7H2,1-2H3. The van der Waals surface area contributed by atoms with Crippen molar-refractivity contribution in [2.75, 3.05) is 11.9 Å². The Morgan fingerprint density at radius 1 is 1.44 bits per heavy atom. The zero-order valence-corrected chi connectivity index (χ0v) is 12.7. The molecule has 5 heteroatoms. The summed E-state index contributed by atoms with van der Waals surface area (Å²) in [6, 6.07) is 5.32. The first kappa shape index (κ1) is 13.5. The van der Waals surface area contributed by atoms with Crippen molar-refractivity contribution in [1.29, 1.82) is 0 Å². The van der Waals surface area contributed by atoms with Crippen molar-refractivity contribution in [3.63, 3.8) is 0 Å². The Hall–Kier alpha value is -0.940. The summed E-state index contributed by atoms with van der Waals surface area (Å²) in [4.78, 5) is 7.28. The molecule has 0 aliphatic carbocycles. The topological polar surface area (TPSA) is 16.1 Å². The molecular weight excluding hydrogens is 315 g/mol. The quantitative estimate of drug-likeness (QED) is 0.785. The second-order valence-corrected chi connectivity index (χ2v) is 5.64. The number of hydrogen-bond donors (Lipinski definition) is 0. The lowest BCUT2D eigenvalue weighted by atomic mass is 10.2. The van der Waals surface area contributed by atoms with Crippen LogP contribution in [-0.4, -0.2) is 12.0 Å². The van der Waals surface area contributed by atoms with E-state index in [1.165, 1.54) is 4.88 Å². The maximum Gasteiger partial charge on any atom is 0.146 e. The molecule has 1 heterocycles. The molecule has 0 atom stereocenters. The van der Waals surface area contributed by atoms with Crippen molar-refractivity contribution >= 4 is 33.0 Å². The molecule has 2 rings (SSSR count). The van der Waals surface area contributed by atoms with Gasteiger partial charge in [0.25, 0.3) is 0 Å². The van der Waals surface area contributed by atoms with Crippen LogP contribution in [0.4, 0.5) is 10.1 Å². The highest BCUT2D eigenvalue weighted by molar-refractivity contribution is 9.08. The fraction of sp³-hybridized carbons (Fsp3) is 0.308. The number of halogens is 2. The van der Waals surface area contributed by atoms with Crippen molar-refractivity contribution in [2.24, 2.45) is 0 Å². The van der Waals surface area contributed by atoms with Crippen LogP contribution >= 0.6 is 27.3 Å². The van der Waals surface area contributed by atoms with E-state index in [2.05, 4.69) is 20.9 Å². The van der Waals surface area contributed by atoms with E-state index in [-0.39, 0.29) is 5.82 Å². The molecule has 0 aliphatic heterocycles. The van der Waals surface area contributed by atoms with Gasteiger partial charge in [0.2, 0.25) is 0 Å². The van der Waals surface area contributed by atoms with Gasteiger partial charge in [-0.2, -0.15) is 0 Å². The highest BCUT2D eigenvalue weighted by atomic mass is 79.9. The maximum atomic E-state index is 13.9. The van der Waals surface area contributed by atoms with Gasteiger partial charge in [-0.3, -0.25) is 0 Å². The van der Waals surface area contributed by atoms with Crippen LogP contribution in [0.1, 0.15) is 16.1 Å². The van der Waals surface area contributed by atoms with Gasteiger partial charge in [-0.1, -0.05) is 22.0 Å². The van der Waals surface area contributed by atoms with E-state index in [9.17, 15) is 4.39 Å². The molecule has 0 radical (unpaired) electrons. The molecule has 0 saturated carbocycles. The number of alkyl halides is 1. The molecule has 18 heavy (non-hydrogen) atoms. The van der Waals surface area contributed by atoms with Crippen molar-refractivity contribution in [3.05, 3.63) is 45.7 Å². The van der Waals surface area contributed by atoms with E-state index in [4.69, 9.17) is 0 Å². The van der Waals surface area contributed by atoms with Crippen LogP contribution in [-0.2, 0) is 11.9 Å². The van der Waals surface area contributed by atoms with E-state index >= 15 is 0 Å². The summed E-state index contributed by atoms with van der Waals surface area (Å²) in [5.74, 6) is -0.184. The summed E-state index contributed by atoms with van der Waals surface area (Å²) in [6.45, 7) is 2.66. The van der Waals surface area contributed by atoms with E-state index in [0.29, 0.717) is 17.6 Å². The van der Waals surface area contributed by atoms with Crippen molar-refractivity contribution in [1.82, 2.24) is 4.98 Å². The zero-order chi connectivity index (χ0) is 13.1. The normalized spacial score (nSPS) is 10.7. The van der Waals surface area contributed by atoms with Gasteiger partial charge in [0.15, 0.2) is 0 Å². The summed E-state index contributed by atoms with van der Waals surface area (Å²) in [7, 11) is 1.89. The Kier molecular flexibility index (Phi) is 4.35. The molecule has 2 aromatic rings. The van der Waals surface area contributed by atoms with Crippen LogP contribution in [0, 0.1) is 12.7 Å². The zero-order valence-electron chi connectivity index (χ0n) is 10.3. The minimum absolute atomic E-state index is 0.184. The number of nitrogens with zero attached hydrogens (tertiary/aromatic N) is 2. The van der Waals surface area contributed by atoms with Crippen LogP contribution in [0.25, 0.3) is 0 Å². The third-order valence-corrected chi connectivity index (χ3v) is 4.37. The number of rotatable bonds is 4. The average Bonchev–Trinajstić information content (AvgIpc) is 2.74. The Bertz CT molecular complexity index is 542. The molecule has 0 fully saturated rings. The highest BCUT2D eigenvalue weighted by Gasteiger charge is 2.11. The third-order valence-electron chi connectivity index (χ3n) is 2.80. The number of hydrogen-bond acceptors (Lipinski definition) is 3. The number of aryl methyl sites for hydroxylation is 1. The molecule has 0 amide bonds. The molecule has 0 aliphatic rings. The molecule has 0 bridgehead atoms. The lowest BCUT2D eigenvalue weighted by molar-refractivity contribution is 0.621. The van der Waals surface area contributed by atoms with Crippen LogP contribution in [0.3, 0.4) is 0 Å². The van der Waals surface area contributed by atoms with Crippen LogP contribution in [0.5, 0.6) is 0 Å². The second-order valence-electron chi connectivity index (χ2n) is 4.14. The van der Waals surface area contributed by atoms with Crippen LogP contribution in [0.15, 0.2) is 23.7 Å². The van der Waals surface area contributed by atoms with Crippen LogP contribution in [0.2, 0.25) is 0 Å². The first-order valence-corrected chi connectivity index (χ1v) is 7.56.